The number of hydrogen-bond acceptors (Lipinski definition) is 3. The first kappa shape index (κ1) is 11.7. The molecule has 0 aliphatic carbocycles. The lowest BCUT2D eigenvalue weighted by Gasteiger charge is -2.22. The topological polar surface area (TPSA) is 24.9 Å². The average molecular weight is 212 g/mol. The minimum absolute atomic E-state index is 0.474. The van der Waals surface area contributed by atoms with Crippen LogP contribution < -0.4 is 5.32 Å². The van der Waals surface area contributed by atoms with Crippen molar-refractivity contribution < 1.29 is 0 Å². The zero-order valence-electron chi connectivity index (χ0n) is 9.50. The van der Waals surface area contributed by atoms with Gasteiger partial charge in [0, 0.05) is 10.9 Å². The highest BCUT2D eigenvalue weighted by Gasteiger charge is 2.20. The Labute approximate surface area is 90.8 Å². The van der Waals surface area contributed by atoms with Crippen LogP contribution in [0.2, 0.25) is 0 Å². The SMILES string of the molecule is CCCC(C)C(NC)c1scnc1C. The highest BCUT2D eigenvalue weighted by atomic mass is 32.1. The Morgan fingerprint density at radius 2 is 2.29 bits per heavy atom. The van der Waals surface area contributed by atoms with Crippen molar-refractivity contribution in [3.63, 3.8) is 0 Å². The second-order valence-electron chi connectivity index (χ2n) is 3.83. The van der Waals surface area contributed by atoms with Crippen molar-refractivity contribution in [2.45, 2.75) is 39.7 Å². The van der Waals surface area contributed by atoms with Gasteiger partial charge in [0.15, 0.2) is 0 Å². The molecule has 0 spiro atoms. The molecule has 0 aliphatic rings. The number of nitrogens with one attached hydrogen (secondary N) is 1. The second kappa shape index (κ2) is 5.47. The van der Waals surface area contributed by atoms with Gasteiger partial charge in [0.1, 0.15) is 0 Å². The van der Waals surface area contributed by atoms with Gasteiger partial charge in [-0.25, -0.2) is 4.98 Å². The minimum Gasteiger partial charge on any atom is -0.312 e. The normalized spacial score (nSPS) is 15.4. The summed E-state index contributed by atoms with van der Waals surface area (Å²) >= 11 is 1.76. The predicted molar refractivity (Wildman–Crippen MR) is 62.7 cm³/mol. The van der Waals surface area contributed by atoms with Gasteiger partial charge in [-0.3, -0.25) is 0 Å². The third-order valence-electron chi connectivity index (χ3n) is 2.69. The van der Waals surface area contributed by atoms with E-state index < -0.39 is 0 Å². The molecule has 0 saturated carbocycles. The maximum Gasteiger partial charge on any atom is 0.0798 e. The van der Waals surface area contributed by atoms with Crippen LogP contribution in [0.4, 0.5) is 0 Å². The van der Waals surface area contributed by atoms with E-state index in [9.17, 15) is 0 Å². The van der Waals surface area contributed by atoms with E-state index in [-0.39, 0.29) is 0 Å². The molecule has 0 aliphatic heterocycles. The Morgan fingerprint density at radius 3 is 2.71 bits per heavy atom. The molecule has 0 aromatic carbocycles. The van der Waals surface area contributed by atoms with Gasteiger partial charge in [-0.15, -0.1) is 11.3 Å². The quantitative estimate of drug-likeness (QED) is 0.811. The Bertz CT molecular complexity index is 270. The third-order valence-corrected chi connectivity index (χ3v) is 3.70. The molecule has 1 aromatic heterocycles. The van der Waals surface area contributed by atoms with Crippen molar-refractivity contribution in [3.05, 3.63) is 16.1 Å². The van der Waals surface area contributed by atoms with Gasteiger partial charge >= 0.3 is 0 Å². The van der Waals surface area contributed by atoms with Gasteiger partial charge in [-0.1, -0.05) is 20.3 Å². The first-order valence-electron chi connectivity index (χ1n) is 5.28. The van der Waals surface area contributed by atoms with Gasteiger partial charge in [0.2, 0.25) is 0 Å². The molecule has 1 heterocycles. The number of rotatable bonds is 5. The summed E-state index contributed by atoms with van der Waals surface area (Å²) in [4.78, 5) is 5.70. The molecule has 0 radical (unpaired) electrons. The van der Waals surface area contributed by atoms with E-state index >= 15 is 0 Å². The lowest BCUT2D eigenvalue weighted by atomic mass is 9.95. The molecule has 0 fully saturated rings. The molecular weight excluding hydrogens is 192 g/mol. The molecular formula is C11H20N2S. The van der Waals surface area contributed by atoms with Gasteiger partial charge in [0.25, 0.3) is 0 Å². The molecule has 2 nitrogen and oxygen atoms in total. The van der Waals surface area contributed by atoms with Crippen LogP contribution in [0.3, 0.4) is 0 Å². The molecule has 1 aromatic rings. The Kier molecular flexibility index (Phi) is 4.55. The standard InChI is InChI=1S/C11H20N2S/c1-5-6-8(2)10(12-4)11-9(3)13-7-14-11/h7-8,10,12H,5-6H2,1-4H3. The molecule has 0 amide bonds. The fourth-order valence-corrected chi connectivity index (χ4v) is 2.95. The predicted octanol–water partition coefficient (Wildman–Crippen LogP) is 3.15. The van der Waals surface area contributed by atoms with Crippen molar-refractivity contribution in [1.82, 2.24) is 10.3 Å². The summed E-state index contributed by atoms with van der Waals surface area (Å²) < 4.78 is 0. The molecule has 1 rings (SSSR count). The molecule has 0 saturated heterocycles. The fourth-order valence-electron chi connectivity index (χ4n) is 1.91. The number of hydrogen-bond donors (Lipinski definition) is 1. The van der Waals surface area contributed by atoms with Gasteiger partial charge in [-0.05, 0) is 26.3 Å². The van der Waals surface area contributed by atoms with Crippen LogP contribution in [0, 0.1) is 12.8 Å². The highest BCUT2D eigenvalue weighted by Crippen LogP contribution is 2.29. The van der Waals surface area contributed by atoms with Crippen LogP contribution >= 0.6 is 11.3 Å². The molecule has 1 N–H and O–H groups in total. The van der Waals surface area contributed by atoms with E-state index in [2.05, 4.69) is 31.1 Å². The molecule has 0 bridgehead atoms. The second-order valence-corrected chi connectivity index (χ2v) is 4.72. The highest BCUT2D eigenvalue weighted by molar-refractivity contribution is 7.09. The maximum atomic E-state index is 4.31. The van der Waals surface area contributed by atoms with Crippen LogP contribution in [0.5, 0.6) is 0 Å². The van der Waals surface area contributed by atoms with Gasteiger partial charge < -0.3 is 5.32 Å². The van der Waals surface area contributed by atoms with Gasteiger partial charge in [0.05, 0.1) is 11.2 Å². The van der Waals surface area contributed by atoms with Crippen molar-refractivity contribution in [1.29, 1.82) is 0 Å². The monoisotopic (exact) mass is 212 g/mol. The van der Waals surface area contributed by atoms with Crippen LogP contribution in [0.15, 0.2) is 5.51 Å². The zero-order chi connectivity index (χ0) is 10.6. The molecule has 14 heavy (non-hydrogen) atoms. The summed E-state index contributed by atoms with van der Waals surface area (Å²) in [5.41, 5.74) is 3.12. The largest absolute Gasteiger partial charge is 0.312 e. The van der Waals surface area contributed by atoms with Crippen LogP contribution in [0.1, 0.15) is 43.3 Å². The summed E-state index contributed by atoms with van der Waals surface area (Å²) in [6.07, 6.45) is 2.51. The molecule has 2 unspecified atom stereocenters. The van der Waals surface area contributed by atoms with Crippen molar-refractivity contribution in [2.75, 3.05) is 7.05 Å². The summed E-state index contributed by atoms with van der Waals surface area (Å²) in [6.45, 7) is 6.64. The maximum absolute atomic E-state index is 4.31. The first-order valence-corrected chi connectivity index (χ1v) is 6.15. The number of aryl methyl sites for hydroxylation is 1. The minimum atomic E-state index is 0.474. The third kappa shape index (κ3) is 2.55. The van der Waals surface area contributed by atoms with E-state index in [0.717, 1.165) is 0 Å². The van der Waals surface area contributed by atoms with Crippen molar-refractivity contribution in [2.24, 2.45) is 5.92 Å². The molecule has 2 atom stereocenters. The van der Waals surface area contributed by atoms with E-state index in [1.807, 2.05) is 12.6 Å². The Hall–Kier alpha value is -0.410. The number of nitrogens with zero attached hydrogens (tertiary/aromatic N) is 1. The Balaban J connectivity index is 2.76. The first-order chi connectivity index (χ1) is 6.70. The van der Waals surface area contributed by atoms with Crippen LogP contribution in [-0.4, -0.2) is 12.0 Å². The van der Waals surface area contributed by atoms with Gasteiger partial charge in [-0.2, -0.15) is 0 Å². The summed E-state index contributed by atoms with van der Waals surface area (Å²) in [6, 6.07) is 0.474. The van der Waals surface area contributed by atoms with E-state index in [1.165, 1.54) is 23.4 Å². The number of thiazole rings is 1. The summed E-state index contributed by atoms with van der Waals surface area (Å²) in [7, 11) is 2.04. The molecule has 80 valence electrons. The average Bonchev–Trinajstić information content (AvgIpc) is 2.54. The Morgan fingerprint density at radius 1 is 1.57 bits per heavy atom. The number of aromatic nitrogens is 1. The fraction of sp³-hybridized carbons (Fsp3) is 0.727. The van der Waals surface area contributed by atoms with Crippen LogP contribution in [-0.2, 0) is 0 Å². The summed E-state index contributed by atoms with van der Waals surface area (Å²) in [5, 5.41) is 3.40. The van der Waals surface area contributed by atoms with E-state index in [1.54, 1.807) is 11.3 Å². The van der Waals surface area contributed by atoms with E-state index in [4.69, 9.17) is 0 Å². The van der Waals surface area contributed by atoms with E-state index in [0.29, 0.717) is 12.0 Å². The zero-order valence-corrected chi connectivity index (χ0v) is 10.3. The lowest BCUT2D eigenvalue weighted by Crippen LogP contribution is -2.23. The van der Waals surface area contributed by atoms with Crippen molar-refractivity contribution >= 4 is 11.3 Å². The summed E-state index contributed by atoms with van der Waals surface area (Å²) in [5.74, 6) is 0.684. The lowest BCUT2D eigenvalue weighted by molar-refractivity contribution is 0.387. The smallest absolute Gasteiger partial charge is 0.0798 e. The van der Waals surface area contributed by atoms with Crippen LogP contribution in [0.25, 0.3) is 0 Å². The van der Waals surface area contributed by atoms with Crippen molar-refractivity contribution in [3.8, 4) is 0 Å². The molecule has 3 heteroatoms.